The van der Waals surface area contributed by atoms with Crippen LogP contribution < -0.4 is 21.9 Å². The summed E-state index contributed by atoms with van der Waals surface area (Å²) in [6, 6.07) is 35.4. The first-order valence-electron chi connectivity index (χ1n) is 17.0. The lowest BCUT2D eigenvalue weighted by atomic mass is 9.64. The number of fused-ring (bicyclic) bond motifs is 8. The number of rotatable bonds is 3. The van der Waals surface area contributed by atoms with Gasteiger partial charge in [-0.3, -0.25) is 0 Å². The van der Waals surface area contributed by atoms with Crippen LogP contribution in [-0.4, -0.2) is 36.5 Å². The Morgan fingerprint density at radius 3 is 1.88 bits per heavy atom. The Balaban J connectivity index is 1.30. The third kappa shape index (κ3) is 4.24. The minimum absolute atomic E-state index is 0.0196. The average molecular weight is 644 g/mol. The van der Waals surface area contributed by atoms with Gasteiger partial charge in [0.15, 0.2) is 0 Å². The van der Waals surface area contributed by atoms with Gasteiger partial charge in [-0.1, -0.05) is 107 Å². The normalized spacial score (nSPS) is 12.9. The predicted octanol–water partition coefficient (Wildman–Crippen LogP) is 7.48. The van der Waals surface area contributed by atoms with Crippen LogP contribution >= 0.6 is 0 Å². The second kappa shape index (κ2) is 11.1. The highest BCUT2D eigenvalue weighted by atomic mass is 16.3. The molecular formula is C44H24B4O3. The summed E-state index contributed by atoms with van der Waals surface area (Å²) in [6.45, 7) is 0. The lowest BCUT2D eigenvalue weighted by molar-refractivity contribution is 0.484. The molecule has 2 heterocycles. The van der Waals surface area contributed by atoms with E-state index in [-0.39, 0.29) is 27.6 Å². The maximum atomic E-state index is 10.6. The molecule has 10 rings (SSSR count). The van der Waals surface area contributed by atoms with Gasteiger partial charge in [-0.2, -0.15) is 0 Å². The fourth-order valence-corrected chi connectivity index (χ4v) is 8.20. The van der Waals surface area contributed by atoms with Gasteiger partial charge in [-0.25, -0.2) is 0 Å². The van der Waals surface area contributed by atoms with Gasteiger partial charge in [0.05, 0.1) is 5.75 Å². The summed E-state index contributed by atoms with van der Waals surface area (Å²) < 4.78 is 13.0. The Labute approximate surface area is 299 Å². The van der Waals surface area contributed by atoms with E-state index in [4.69, 9.17) is 40.2 Å². The van der Waals surface area contributed by atoms with Gasteiger partial charge in [0.1, 0.15) is 53.7 Å². The lowest BCUT2D eigenvalue weighted by Gasteiger charge is -2.27. The number of benzene rings is 7. The van der Waals surface area contributed by atoms with Crippen LogP contribution in [0.5, 0.6) is 5.75 Å². The maximum absolute atomic E-state index is 10.6. The molecular weight excluding hydrogens is 620 g/mol. The van der Waals surface area contributed by atoms with Crippen molar-refractivity contribution < 1.29 is 13.9 Å². The highest BCUT2D eigenvalue weighted by Gasteiger charge is 2.27. The first kappa shape index (κ1) is 30.1. The number of hydrogen-bond donors (Lipinski definition) is 1. The molecule has 8 radical (unpaired) electrons. The summed E-state index contributed by atoms with van der Waals surface area (Å²) in [5, 5.41) is 16.8. The molecule has 0 fully saturated rings. The van der Waals surface area contributed by atoms with E-state index in [1.807, 2.05) is 42.5 Å². The van der Waals surface area contributed by atoms with Crippen LogP contribution in [0, 0.1) is 0 Å². The zero-order valence-electron chi connectivity index (χ0n) is 27.5. The molecule has 1 aliphatic rings. The quantitative estimate of drug-likeness (QED) is 0.203. The average Bonchev–Trinajstić information content (AvgIpc) is 3.75. The number of furan rings is 2. The summed E-state index contributed by atoms with van der Waals surface area (Å²) in [6.07, 6.45) is 5.97. The number of para-hydroxylation sites is 2. The van der Waals surface area contributed by atoms with Crippen LogP contribution in [0.15, 0.2) is 118 Å². The molecule has 0 bridgehead atoms. The van der Waals surface area contributed by atoms with Gasteiger partial charge in [0, 0.05) is 32.7 Å². The highest BCUT2D eigenvalue weighted by molar-refractivity contribution is 6.61. The van der Waals surface area contributed by atoms with E-state index < -0.39 is 0 Å². The molecule has 0 atom stereocenters. The number of aromatic hydroxyl groups is 1. The molecule has 9 aromatic rings. The minimum Gasteiger partial charge on any atom is -0.509 e. The molecule has 7 heteroatoms. The fraction of sp³-hybridized carbons (Fsp3) is 0.0455. The van der Waals surface area contributed by atoms with E-state index in [0.717, 1.165) is 106 Å². The van der Waals surface area contributed by atoms with Gasteiger partial charge < -0.3 is 13.9 Å². The van der Waals surface area contributed by atoms with Crippen molar-refractivity contribution in [3.05, 3.63) is 120 Å². The molecule has 0 aliphatic heterocycles. The van der Waals surface area contributed by atoms with Crippen molar-refractivity contribution >= 4 is 114 Å². The van der Waals surface area contributed by atoms with E-state index in [1.165, 1.54) is 0 Å². The number of phenols is 1. The minimum atomic E-state index is -0.295. The van der Waals surface area contributed by atoms with E-state index in [1.54, 1.807) is 0 Å². The van der Waals surface area contributed by atoms with E-state index in [0.29, 0.717) is 5.56 Å². The first-order chi connectivity index (χ1) is 24.9. The molecule has 3 nitrogen and oxygen atoms in total. The summed E-state index contributed by atoms with van der Waals surface area (Å²) >= 11 is 0. The Morgan fingerprint density at radius 1 is 0.529 bits per heavy atom. The van der Waals surface area contributed by atoms with Gasteiger partial charge in [0.2, 0.25) is 0 Å². The van der Waals surface area contributed by atoms with Crippen molar-refractivity contribution in [2.24, 2.45) is 0 Å². The Kier molecular flexibility index (Phi) is 6.54. The maximum Gasteiger partial charge on any atom is 0.143 e. The van der Waals surface area contributed by atoms with Crippen molar-refractivity contribution in [2.75, 3.05) is 0 Å². The summed E-state index contributed by atoms with van der Waals surface area (Å²) in [5.41, 5.74) is 11.6. The van der Waals surface area contributed by atoms with Gasteiger partial charge in [0.25, 0.3) is 0 Å². The lowest BCUT2D eigenvalue weighted by Crippen LogP contribution is -2.42. The van der Waals surface area contributed by atoms with Crippen LogP contribution in [0.4, 0.5) is 0 Å². The molecule has 0 saturated carbocycles. The highest BCUT2D eigenvalue weighted by Crippen LogP contribution is 2.48. The zero-order valence-corrected chi connectivity index (χ0v) is 27.5. The van der Waals surface area contributed by atoms with Crippen molar-refractivity contribution in [1.29, 1.82) is 0 Å². The van der Waals surface area contributed by atoms with E-state index in [2.05, 4.69) is 72.8 Å². The van der Waals surface area contributed by atoms with Gasteiger partial charge >= 0.3 is 0 Å². The standard InChI is InChI=1S/C44H24B4O3/c45-39-38(40(46)42(48)43(49)41(39)47)36-27-12-3-1-10-25(27)35(26-11-2-4-13-28(26)36)30-19-18-23(37-29-14-6-8-16-33(29)51-44(30)37)22-17-20-34-31(21-22)24-9-5-7-15-32(24)50-34/h1-3,5-12,14-21,49H,4,13H2. The Bertz CT molecular complexity index is 2960. The van der Waals surface area contributed by atoms with Crippen LogP contribution in [0.25, 0.3) is 94.1 Å². The summed E-state index contributed by atoms with van der Waals surface area (Å²) in [7, 11) is 25.9. The van der Waals surface area contributed by atoms with Crippen molar-refractivity contribution in [3.8, 4) is 39.1 Å². The summed E-state index contributed by atoms with van der Waals surface area (Å²) in [5.74, 6) is -0.295. The molecule has 230 valence electrons. The SMILES string of the molecule is [B]c1c([B])c(-c2c3c(c(-c4ccc(-c5ccc6oc7ccccc7c6c5)c5c4oc4ccccc45)c4ccccc24)C=CCC3)c([B])c([B])c1O. The number of hydrogen-bond acceptors (Lipinski definition) is 3. The molecule has 0 amide bonds. The summed E-state index contributed by atoms with van der Waals surface area (Å²) in [4.78, 5) is 0. The van der Waals surface area contributed by atoms with Crippen molar-refractivity contribution in [1.82, 2.24) is 0 Å². The molecule has 0 saturated heterocycles. The topological polar surface area (TPSA) is 46.5 Å². The molecule has 1 N–H and O–H groups in total. The van der Waals surface area contributed by atoms with Crippen LogP contribution in [0.3, 0.4) is 0 Å². The monoisotopic (exact) mass is 644 g/mol. The number of phenolic OH excluding ortho intramolecular Hbond substituents is 1. The second-order valence-corrected chi connectivity index (χ2v) is 13.3. The predicted molar refractivity (Wildman–Crippen MR) is 215 cm³/mol. The van der Waals surface area contributed by atoms with E-state index in [9.17, 15) is 5.11 Å². The Hall–Kier alpha value is -5.80. The zero-order chi connectivity index (χ0) is 34.5. The van der Waals surface area contributed by atoms with Gasteiger partial charge in [-0.15, -0.1) is 0 Å². The van der Waals surface area contributed by atoms with Crippen molar-refractivity contribution in [2.45, 2.75) is 12.8 Å². The molecule has 51 heavy (non-hydrogen) atoms. The van der Waals surface area contributed by atoms with Crippen molar-refractivity contribution in [3.63, 3.8) is 0 Å². The molecule has 0 unspecified atom stereocenters. The van der Waals surface area contributed by atoms with Gasteiger partial charge in [-0.05, 0) is 87.3 Å². The van der Waals surface area contributed by atoms with Crippen LogP contribution in [-0.2, 0) is 6.42 Å². The van der Waals surface area contributed by atoms with E-state index >= 15 is 0 Å². The first-order valence-corrected chi connectivity index (χ1v) is 17.0. The molecule has 2 aromatic heterocycles. The second-order valence-electron chi connectivity index (χ2n) is 13.3. The van der Waals surface area contributed by atoms with Crippen LogP contribution in [0.1, 0.15) is 17.5 Å². The molecule has 7 aromatic carbocycles. The third-order valence-corrected chi connectivity index (χ3v) is 10.6. The molecule has 1 aliphatic carbocycles. The van der Waals surface area contributed by atoms with Crippen LogP contribution in [0.2, 0.25) is 0 Å². The number of allylic oxidation sites excluding steroid dienone is 1. The fourth-order valence-electron chi connectivity index (χ4n) is 8.20. The largest absolute Gasteiger partial charge is 0.509 e. The smallest absolute Gasteiger partial charge is 0.143 e. The Morgan fingerprint density at radius 2 is 1.14 bits per heavy atom. The molecule has 0 spiro atoms. The third-order valence-electron chi connectivity index (χ3n) is 10.6.